The molecule has 0 amide bonds. The molecule has 0 bridgehead atoms. The number of hydrogen-bond acceptors (Lipinski definition) is 4. The smallest absolute Gasteiger partial charge is 0.303 e. The Hall–Kier alpha value is -0.910. The number of aliphatic carboxylic acids is 1. The van der Waals surface area contributed by atoms with E-state index in [9.17, 15) is 15.0 Å². The van der Waals surface area contributed by atoms with Gasteiger partial charge in [0.25, 0.3) is 0 Å². The lowest BCUT2D eigenvalue weighted by Gasteiger charge is -2.40. The molecule has 0 aromatic carbocycles. The Morgan fingerprint density at radius 1 is 0.929 bits per heavy atom. The number of aliphatic hydroxyl groups excluding tert-OH is 1. The zero-order valence-corrected chi connectivity index (χ0v) is 19.3. The number of nitrogens with zero attached hydrogens (tertiary/aromatic N) is 1. The van der Waals surface area contributed by atoms with Crippen LogP contribution >= 0.6 is 0 Å². The minimum atomic E-state index is -1.11. The topological polar surface area (TPSA) is 81.0 Å². The summed E-state index contributed by atoms with van der Waals surface area (Å²) in [6.45, 7) is 7.60. The van der Waals surface area contributed by atoms with Crippen LogP contribution < -0.4 is 0 Å². The van der Waals surface area contributed by atoms with E-state index >= 15 is 0 Å². The fraction of sp³-hybridized carbons (Fsp3) is 0.870. The normalized spacial score (nSPS) is 14.8. The van der Waals surface area contributed by atoms with Crippen LogP contribution in [0.2, 0.25) is 0 Å². The molecule has 0 aromatic rings. The predicted molar refractivity (Wildman–Crippen MR) is 118 cm³/mol. The molecule has 0 rings (SSSR count). The van der Waals surface area contributed by atoms with E-state index in [0.717, 1.165) is 25.7 Å². The third-order valence-electron chi connectivity index (χ3n) is 5.08. The Balaban J connectivity index is 0. The Bertz CT molecular complexity index is 370. The molecular formula is C23H47NO4. The van der Waals surface area contributed by atoms with Crippen LogP contribution in [0.25, 0.3) is 0 Å². The van der Waals surface area contributed by atoms with Crippen molar-refractivity contribution in [1.82, 2.24) is 4.90 Å². The van der Waals surface area contributed by atoms with E-state index in [1.54, 1.807) is 25.9 Å². The standard InChI is InChI=1S/C15H28O2.C8H19NO2/c1-2-3-4-5-6-7-8-9-10-11-12-13-14-15(16)17;1-6(2)8(11,7(3)10)9(4)5/h7-8H,2-6,9-14H2,1H3,(H,16,17);6-7,10-11H,1-5H3. The molecular weight excluding hydrogens is 354 g/mol. The predicted octanol–water partition coefficient (Wildman–Crippen LogP) is 5.21. The van der Waals surface area contributed by atoms with Crippen LogP contribution in [0.3, 0.4) is 0 Å². The lowest BCUT2D eigenvalue weighted by atomic mass is 9.93. The highest BCUT2D eigenvalue weighted by Gasteiger charge is 2.38. The van der Waals surface area contributed by atoms with E-state index in [0.29, 0.717) is 6.42 Å². The molecule has 2 atom stereocenters. The number of unbranched alkanes of at least 4 members (excludes halogenated alkanes) is 8. The van der Waals surface area contributed by atoms with Crippen molar-refractivity contribution in [3.63, 3.8) is 0 Å². The van der Waals surface area contributed by atoms with Gasteiger partial charge in [0.05, 0.1) is 6.10 Å². The third kappa shape index (κ3) is 15.1. The maximum absolute atomic E-state index is 10.3. The summed E-state index contributed by atoms with van der Waals surface area (Å²) in [7, 11) is 3.51. The summed E-state index contributed by atoms with van der Waals surface area (Å²) >= 11 is 0. The number of likely N-dealkylation sites (N-methyl/N-ethyl adjacent to an activating group) is 1. The second-order valence-electron chi connectivity index (χ2n) is 8.18. The van der Waals surface area contributed by atoms with Crippen LogP contribution in [-0.2, 0) is 4.79 Å². The van der Waals surface area contributed by atoms with Crippen molar-refractivity contribution in [3.8, 4) is 0 Å². The first kappa shape index (κ1) is 29.3. The highest BCUT2D eigenvalue weighted by Crippen LogP contribution is 2.23. The van der Waals surface area contributed by atoms with Gasteiger partial charge in [0.15, 0.2) is 0 Å². The maximum atomic E-state index is 10.3. The zero-order valence-electron chi connectivity index (χ0n) is 19.3. The molecule has 0 aliphatic heterocycles. The van der Waals surface area contributed by atoms with Gasteiger partial charge >= 0.3 is 5.97 Å². The monoisotopic (exact) mass is 401 g/mol. The summed E-state index contributed by atoms with van der Waals surface area (Å²) in [5.74, 6) is -0.658. The average molecular weight is 402 g/mol. The van der Waals surface area contributed by atoms with Crippen molar-refractivity contribution >= 4 is 5.97 Å². The minimum absolute atomic E-state index is 0.0116. The number of rotatable bonds is 15. The first-order valence-corrected chi connectivity index (χ1v) is 11.0. The molecule has 0 aliphatic carbocycles. The van der Waals surface area contributed by atoms with Crippen molar-refractivity contribution in [3.05, 3.63) is 12.2 Å². The van der Waals surface area contributed by atoms with Crippen molar-refractivity contribution in [2.24, 2.45) is 5.92 Å². The first-order valence-electron chi connectivity index (χ1n) is 11.0. The lowest BCUT2D eigenvalue weighted by Crippen LogP contribution is -2.56. The second kappa shape index (κ2) is 18.1. The molecule has 0 fully saturated rings. The van der Waals surface area contributed by atoms with Crippen LogP contribution in [0.5, 0.6) is 0 Å². The number of carbonyl (C=O) groups is 1. The molecule has 5 heteroatoms. The van der Waals surface area contributed by atoms with Crippen LogP contribution in [-0.4, -0.2) is 52.1 Å². The van der Waals surface area contributed by atoms with Crippen molar-refractivity contribution < 1.29 is 20.1 Å². The molecule has 0 spiro atoms. The zero-order chi connectivity index (χ0) is 22.0. The molecule has 5 nitrogen and oxygen atoms in total. The average Bonchev–Trinajstić information content (AvgIpc) is 2.61. The maximum Gasteiger partial charge on any atom is 0.303 e. The second-order valence-corrected chi connectivity index (χ2v) is 8.18. The summed E-state index contributed by atoms with van der Waals surface area (Å²) in [4.78, 5) is 11.9. The fourth-order valence-corrected chi connectivity index (χ4v) is 3.19. The molecule has 28 heavy (non-hydrogen) atoms. The first-order chi connectivity index (χ1) is 13.1. The molecule has 0 heterocycles. The fourth-order valence-electron chi connectivity index (χ4n) is 3.19. The van der Waals surface area contributed by atoms with Gasteiger partial charge in [-0.15, -0.1) is 0 Å². The number of aliphatic hydroxyl groups is 2. The Morgan fingerprint density at radius 2 is 1.39 bits per heavy atom. The molecule has 0 saturated carbocycles. The highest BCUT2D eigenvalue weighted by atomic mass is 16.4. The number of hydrogen-bond donors (Lipinski definition) is 3. The van der Waals surface area contributed by atoms with E-state index in [1.807, 2.05) is 13.8 Å². The van der Waals surface area contributed by atoms with E-state index in [4.69, 9.17) is 5.11 Å². The van der Waals surface area contributed by atoms with Crippen LogP contribution in [0.4, 0.5) is 0 Å². The van der Waals surface area contributed by atoms with Crippen LogP contribution in [0.15, 0.2) is 12.2 Å². The molecule has 2 unspecified atom stereocenters. The Kier molecular flexibility index (Phi) is 19.0. The van der Waals surface area contributed by atoms with Crippen molar-refractivity contribution in [1.29, 1.82) is 0 Å². The van der Waals surface area contributed by atoms with E-state index in [2.05, 4.69) is 19.1 Å². The molecule has 0 radical (unpaired) electrons. The lowest BCUT2D eigenvalue weighted by molar-refractivity contribution is -0.183. The van der Waals surface area contributed by atoms with Gasteiger partial charge < -0.3 is 15.3 Å². The van der Waals surface area contributed by atoms with Gasteiger partial charge in [-0.2, -0.15) is 0 Å². The van der Waals surface area contributed by atoms with Gasteiger partial charge in [-0.25, -0.2) is 0 Å². The summed E-state index contributed by atoms with van der Waals surface area (Å²) in [5.41, 5.74) is -1.11. The quantitative estimate of drug-likeness (QED) is 0.199. The largest absolute Gasteiger partial charge is 0.481 e. The number of allylic oxidation sites excluding steroid dienone is 2. The Morgan fingerprint density at radius 3 is 1.71 bits per heavy atom. The molecule has 0 aliphatic rings. The van der Waals surface area contributed by atoms with Crippen molar-refractivity contribution in [2.75, 3.05) is 14.1 Å². The summed E-state index contributed by atoms with van der Waals surface area (Å²) in [6, 6.07) is 0. The summed E-state index contributed by atoms with van der Waals surface area (Å²) in [5, 5.41) is 27.7. The minimum Gasteiger partial charge on any atom is -0.481 e. The van der Waals surface area contributed by atoms with Crippen molar-refractivity contribution in [2.45, 2.75) is 110 Å². The summed E-state index contributed by atoms with van der Waals surface area (Å²) in [6.07, 6.45) is 16.1. The van der Waals surface area contributed by atoms with Gasteiger partial charge in [-0.3, -0.25) is 9.69 Å². The molecule has 0 aromatic heterocycles. The molecule has 3 N–H and O–H groups in total. The van der Waals surface area contributed by atoms with E-state index < -0.39 is 17.8 Å². The SMILES string of the molecule is CC(C)C(O)(C(C)O)N(C)C.CCCCCCC=CCCCCCCC(=O)O. The summed E-state index contributed by atoms with van der Waals surface area (Å²) < 4.78 is 0. The number of carboxylic acids is 1. The van der Waals surface area contributed by atoms with Crippen LogP contribution in [0, 0.1) is 5.92 Å². The van der Waals surface area contributed by atoms with E-state index in [-0.39, 0.29) is 5.92 Å². The van der Waals surface area contributed by atoms with Gasteiger partial charge in [0.1, 0.15) is 5.72 Å². The van der Waals surface area contributed by atoms with Gasteiger partial charge in [0.2, 0.25) is 0 Å². The van der Waals surface area contributed by atoms with Gasteiger partial charge in [-0.1, -0.05) is 65.0 Å². The third-order valence-corrected chi connectivity index (χ3v) is 5.08. The Labute approximate surface area is 173 Å². The van der Waals surface area contributed by atoms with Gasteiger partial charge in [0, 0.05) is 6.42 Å². The van der Waals surface area contributed by atoms with E-state index in [1.165, 1.54) is 38.5 Å². The molecule has 0 saturated heterocycles. The van der Waals surface area contributed by atoms with Gasteiger partial charge in [-0.05, 0) is 59.0 Å². The number of carboxylic acid groups (broad SMARTS) is 1. The van der Waals surface area contributed by atoms with Crippen LogP contribution in [0.1, 0.15) is 98.3 Å². The molecule has 168 valence electrons. The highest BCUT2D eigenvalue weighted by molar-refractivity contribution is 5.66.